The molecule has 0 aromatic rings. The van der Waals surface area contributed by atoms with Crippen LogP contribution in [0.2, 0.25) is 0 Å². The van der Waals surface area contributed by atoms with E-state index in [9.17, 15) is 0 Å². The summed E-state index contributed by atoms with van der Waals surface area (Å²) in [5, 5.41) is 0. The smallest absolute Gasteiger partial charge is 0.0206 e. The number of rotatable bonds is 5. The first-order valence-corrected chi connectivity index (χ1v) is 11.0. The highest BCUT2D eigenvalue weighted by Crippen LogP contribution is 2.32. The Morgan fingerprint density at radius 1 is 0.680 bits per heavy atom. The molecule has 2 fully saturated rings. The third kappa shape index (κ3) is 8.19. The molecule has 0 aromatic carbocycles. The summed E-state index contributed by atoms with van der Waals surface area (Å²) in [6.45, 7) is 4.61. The third-order valence-corrected chi connectivity index (χ3v) is 6.31. The molecular formula is C25H38. The fourth-order valence-corrected chi connectivity index (χ4v) is 4.41. The van der Waals surface area contributed by atoms with Gasteiger partial charge in [0.05, 0.1) is 0 Å². The highest BCUT2D eigenvalue weighted by atomic mass is 14.2. The Labute approximate surface area is 157 Å². The molecule has 0 bridgehead atoms. The first kappa shape index (κ1) is 20.2. The zero-order valence-corrected chi connectivity index (χ0v) is 16.7. The lowest BCUT2D eigenvalue weighted by Gasteiger charge is -2.25. The Morgan fingerprint density at radius 3 is 1.68 bits per heavy atom. The number of hydrogen-bond donors (Lipinski definition) is 0. The SMILES string of the molecule is CCCCCC1CCC(C#C/C=C/C#CC2CCC(CC)CC2)CC1. The van der Waals surface area contributed by atoms with Crippen molar-refractivity contribution in [2.75, 3.05) is 0 Å². The van der Waals surface area contributed by atoms with Crippen molar-refractivity contribution < 1.29 is 0 Å². The third-order valence-electron chi connectivity index (χ3n) is 6.31. The van der Waals surface area contributed by atoms with E-state index in [0.29, 0.717) is 11.8 Å². The molecule has 2 saturated carbocycles. The summed E-state index contributed by atoms with van der Waals surface area (Å²) >= 11 is 0. The van der Waals surface area contributed by atoms with Crippen LogP contribution < -0.4 is 0 Å². The zero-order valence-electron chi connectivity index (χ0n) is 16.7. The van der Waals surface area contributed by atoms with E-state index >= 15 is 0 Å². The van der Waals surface area contributed by atoms with Crippen molar-refractivity contribution in [3.05, 3.63) is 12.2 Å². The molecule has 25 heavy (non-hydrogen) atoms. The van der Waals surface area contributed by atoms with Crippen molar-refractivity contribution in [3.8, 4) is 23.7 Å². The lowest BCUT2D eigenvalue weighted by Crippen LogP contribution is -2.13. The van der Waals surface area contributed by atoms with Gasteiger partial charge >= 0.3 is 0 Å². The van der Waals surface area contributed by atoms with Crippen LogP contribution in [0.3, 0.4) is 0 Å². The minimum Gasteiger partial charge on any atom is -0.0951 e. The molecular weight excluding hydrogens is 300 g/mol. The molecule has 0 N–H and O–H groups in total. The van der Waals surface area contributed by atoms with E-state index in [1.165, 1.54) is 83.5 Å². The second-order valence-corrected chi connectivity index (χ2v) is 8.25. The van der Waals surface area contributed by atoms with Gasteiger partial charge in [-0.3, -0.25) is 0 Å². The molecule has 0 radical (unpaired) electrons. The van der Waals surface area contributed by atoms with Crippen molar-refractivity contribution in [2.24, 2.45) is 23.7 Å². The number of allylic oxidation sites excluding steroid dienone is 2. The highest BCUT2D eigenvalue weighted by Gasteiger charge is 2.19. The summed E-state index contributed by atoms with van der Waals surface area (Å²) in [6, 6.07) is 0. The van der Waals surface area contributed by atoms with E-state index in [-0.39, 0.29) is 0 Å². The molecule has 0 unspecified atom stereocenters. The maximum atomic E-state index is 3.46. The van der Waals surface area contributed by atoms with Gasteiger partial charge in [0.25, 0.3) is 0 Å². The molecule has 138 valence electrons. The maximum Gasteiger partial charge on any atom is 0.0206 e. The van der Waals surface area contributed by atoms with Gasteiger partial charge in [-0.1, -0.05) is 69.6 Å². The summed E-state index contributed by atoms with van der Waals surface area (Å²) in [5.74, 6) is 16.6. The van der Waals surface area contributed by atoms with Crippen LogP contribution in [0.5, 0.6) is 0 Å². The molecule has 0 amide bonds. The monoisotopic (exact) mass is 338 g/mol. The molecule has 0 saturated heterocycles. The van der Waals surface area contributed by atoms with E-state index in [1.807, 2.05) is 12.2 Å². The van der Waals surface area contributed by atoms with E-state index in [4.69, 9.17) is 0 Å². The van der Waals surface area contributed by atoms with E-state index < -0.39 is 0 Å². The molecule has 2 rings (SSSR count). The highest BCUT2D eigenvalue weighted by molar-refractivity contribution is 5.26. The zero-order chi connectivity index (χ0) is 17.7. The van der Waals surface area contributed by atoms with Crippen molar-refractivity contribution >= 4 is 0 Å². The maximum absolute atomic E-state index is 3.46. The van der Waals surface area contributed by atoms with Gasteiger partial charge in [0.2, 0.25) is 0 Å². The van der Waals surface area contributed by atoms with Gasteiger partial charge in [0, 0.05) is 11.8 Å². The van der Waals surface area contributed by atoms with E-state index in [0.717, 1.165) is 11.8 Å². The second kappa shape index (κ2) is 12.3. The van der Waals surface area contributed by atoms with Crippen molar-refractivity contribution in [1.29, 1.82) is 0 Å². The van der Waals surface area contributed by atoms with Gasteiger partial charge in [-0.25, -0.2) is 0 Å². The van der Waals surface area contributed by atoms with Crippen LogP contribution in [-0.4, -0.2) is 0 Å². The van der Waals surface area contributed by atoms with Crippen molar-refractivity contribution in [2.45, 2.75) is 97.3 Å². The summed E-state index contributed by atoms with van der Waals surface area (Å²) in [4.78, 5) is 0. The average Bonchev–Trinajstić information content (AvgIpc) is 2.66. The van der Waals surface area contributed by atoms with E-state index in [2.05, 4.69) is 37.5 Å². The summed E-state index contributed by atoms with van der Waals surface area (Å²) in [5.41, 5.74) is 0. The van der Waals surface area contributed by atoms with Gasteiger partial charge in [-0.2, -0.15) is 0 Å². The van der Waals surface area contributed by atoms with Crippen LogP contribution in [0, 0.1) is 47.4 Å². The minimum atomic E-state index is 0.628. The van der Waals surface area contributed by atoms with Crippen LogP contribution in [0.1, 0.15) is 97.3 Å². The summed E-state index contributed by atoms with van der Waals surface area (Å²) in [6.07, 6.45) is 21.7. The topological polar surface area (TPSA) is 0 Å². The van der Waals surface area contributed by atoms with Crippen molar-refractivity contribution in [1.82, 2.24) is 0 Å². The van der Waals surface area contributed by atoms with Crippen LogP contribution in [0.15, 0.2) is 12.2 Å². The van der Waals surface area contributed by atoms with Gasteiger partial charge in [0.1, 0.15) is 0 Å². The Morgan fingerprint density at radius 2 is 1.20 bits per heavy atom. The van der Waals surface area contributed by atoms with Crippen LogP contribution in [-0.2, 0) is 0 Å². The molecule has 0 atom stereocenters. The molecule has 0 heteroatoms. The van der Waals surface area contributed by atoms with Crippen molar-refractivity contribution in [3.63, 3.8) is 0 Å². The number of unbranched alkanes of at least 4 members (excludes halogenated alkanes) is 2. The molecule has 0 aromatic heterocycles. The lowest BCUT2D eigenvalue weighted by molar-refractivity contribution is 0.294. The molecule has 0 nitrogen and oxygen atoms in total. The largest absolute Gasteiger partial charge is 0.0951 e. The minimum absolute atomic E-state index is 0.628. The van der Waals surface area contributed by atoms with E-state index in [1.54, 1.807) is 0 Å². The first-order chi connectivity index (χ1) is 12.3. The van der Waals surface area contributed by atoms with Crippen LogP contribution in [0.25, 0.3) is 0 Å². The predicted molar refractivity (Wildman–Crippen MR) is 110 cm³/mol. The quantitative estimate of drug-likeness (QED) is 0.369. The van der Waals surface area contributed by atoms with Gasteiger partial charge in [0.15, 0.2) is 0 Å². The molecule has 0 spiro atoms. The predicted octanol–water partition coefficient (Wildman–Crippen LogP) is 7.15. The standard InChI is InChI=1S/C25H38/c1-3-5-8-11-23-18-20-25(21-19-23)13-10-7-6-9-12-24-16-14-22(4-2)15-17-24/h6-7,22-25H,3-5,8,11,14-21H2,1-2H3/b7-6+. The Bertz CT molecular complexity index is 488. The summed E-state index contributed by atoms with van der Waals surface area (Å²) in [7, 11) is 0. The van der Waals surface area contributed by atoms with Crippen LogP contribution in [0.4, 0.5) is 0 Å². The van der Waals surface area contributed by atoms with Gasteiger partial charge < -0.3 is 0 Å². The van der Waals surface area contributed by atoms with Crippen LogP contribution >= 0.6 is 0 Å². The normalized spacial score (nSPS) is 29.5. The molecule has 0 aliphatic heterocycles. The number of hydrogen-bond acceptors (Lipinski definition) is 0. The summed E-state index contributed by atoms with van der Waals surface area (Å²) < 4.78 is 0. The molecule has 2 aliphatic rings. The Hall–Kier alpha value is -1.14. The lowest BCUT2D eigenvalue weighted by atomic mass is 9.80. The fourth-order valence-electron chi connectivity index (χ4n) is 4.41. The molecule has 2 aliphatic carbocycles. The van der Waals surface area contributed by atoms with Gasteiger partial charge in [-0.15, -0.1) is 0 Å². The molecule has 0 heterocycles. The van der Waals surface area contributed by atoms with Gasteiger partial charge in [-0.05, 0) is 75.4 Å². The Balaban J connectivity index is 1.61. The second-order valence-electron chi connectivity index (χ2n) is 8.25. The fraction of sp³-hybridized carbons (Fsp3) is 0.760. The first-order valence-electron chi connectivity index (χ1n) is 11.0. The average molecular weight is 339 g/mol. The Kier molecular flexibility index (Phi) is 9.89.